The number of thiazole rings is 1. The number of nitrogens with zero attached hydrogens (tertiary/aromatic N) is 1. The summed E-state index contributed by atoms with van der Waals surface area (Å²) in [7, 11) is 0. The first-order valence-electron chi connectivity index (χ1n) is 5.37. The minimum Gasteiger partial charge on any atom is -0.490 e. The minimum absolute atomic E-state index is 0.0411. The van der Waals surface area contributed by atoms with Gasteiger partial charge in [0.15, 0.2) is 0 Å². The Kier molecular flexibility index (Phi) is 3.54. The Morgan fingerprint density at radius 1 is 1.35 bits per heavy atom. The molecule has 0 saturated heterocycles. The standard InChI is InChI=1S/C13H13NO2S/c1-9(2)16-12-6-4-3-5-10(12)13(15)11-7-17-8-14-11/h3-9H,1-2H3. The number of rotatable bonds is 4. The molecule has 0 aliphatic carbocycles. The predicted molar refractivity (Wildman–Crippen MR) is 67.8 cm³/mol. The minimum atomic E-state index is -0.0949. The summed E-state index contributed by atoms with van der Waals surface area (Å²) >= 11 is 1.41. The number of aromatic nitrogens is 1. The normalized spacial score (nSPS) is 10.5. The summed E-state index contributed by atoms with van der Waals surface area (Å²) in [6.07, 6.45) is 0.0411. The summed E-state index contributed by atoms with van der Waals surface area (Å²) in [5.74, 6) is 0.517. The summed E-state index contributed by atoms with van der Waals surface area (Å²) in [5.41, 5.74) is 2.68. The van der Waals surface area contributed by atoms with Crippen LogP contribution in [0.1, 0.15) is 29.9 Å². The molecule has 0 saturated carbocycles. The van der Waals surface area contributed by atoms with Gasteiger partial charge in [0.1, 0.15) is 11.4 Å². The van der Waals surface area contributed by atoms with E-state index in [2.05, 4.69) is 4.98 Å². The van der Waals surface area contributed by atoms with Crippen molar-refractivity contribution in [2.45, 2.75) is 20.0 Å². The average molecular weight is 247 g/mol. The van der Waals surface area contributed by atoms with Crippen LogP contribution in [0.25, 0.3) is 0 Å². The van der Waals surface area contributed by atoms with Gasteiger partial charge < -0.3 is 4.74 Å². The maximum absolute atomic E-state index is 12.2. The fourth-order valence-corrected chi connectivity index (χ4v) is 2.01. The first-order valence-corrected chi connectivity index (χ1v) is 6.31. The third-order valence-electron chi connectivity index (χ3n) is 2.16. The van der Waals surface area contributed by atoms with E-state index in [1.54, 1.807) is 23.0 Å². The fraction of sp³-hybridized carbons (Fsp3) is 0.231. The van der Waals surface area contributed by atoms with E-state index < -0.39 is 0 Å². The van der Waals surface area contributed by atoms with Crippen molar-refractivity contribution in [1.82, 2.24) is 4.98 Å². The van der Waals surface area contributed by atoms with Gasteiger partial charge in [0, 0.05) is 5.38 Å². The van der Waals surface area contributed by atoms with Gasteiger partial charge in [0.05, 0.1) is 17.2 Å². The second-order valence-electron chi connectivity index (χ2n) is 3.87. The molecule has 0 spiro atoms. The van der Waals surface area contributed by atoms with E-state index in [1.165, 1.54) is 11.3 Å². The van der Waals surface area contributed by atoms with Crippen LogP contribution in [0.4, 0.5) is 0 Å². The van der Waals surface area contributed by atoms with Crippen molar-refractivity contribution >= 4 is 17.1 Å². The van der Waals surface area contributed by atoms with Gasteiger partial charge in [0.25, 0.3) is 0 Å². The van der Waals surface area contributed by atoms with Crippen LogP contribution in [-0.2, 0) is 0 Å². The molecule has 0 bridgehead atoms. The maximum atomic E-state index is 12.2. The number of ether oxygens (including phenoxy) is 1. The molecule has 0 unspecified atom stereocenters. The molecule has 0 N–H and O–H groups in total. The Morgan fingerprint density at radius 3 is 2.76 bits per heavy atom. The van der Waals surface area contributed by atoms with Crippen molar-refractivity contribution in [2.75, 3.05) is 0 Å². The molecule has 0 fully saturated rings. The van der Waals surface area contributed by atoms with Crippen molar-refractivity contribution in [3.05, 3.63) is 46.4 Å². The topological polar surface area (TPSA) is 39.2 Å². The lowest BCUT2D eigenvalue weighted by molar-refractivity contribution is 0.102. The van der Waals surface area contributed by atoms with Crippen molar-refractivity contribution in [3.8, 4) is 5.75 Å². The highest BCUT2D eigenvalue weighted by Crippen LogP contribution is 2.22. The van der Waals surface area contributed by atoms with E-state index >= 15 is 0 Å². The molecule has 1 aromatic heterocycles. The van der Waals surface area contributed by atoms with Crippen LogP contribution in [0.3, 0.4) is 0 Å². The molecule has 0 aliphatic rings. The molecular weight excluding hydrogens is 234 g/mol. The molecule has 4 heteroatoms. The number of hydrogen-bond acceptors (Lipinski definition) is 4. The van der Waals surface area contributed by atoms with Crippen LogP contribution in [-0.4, -0.2) is 16.9 Å². The van der Waals surface area contributed by atoms with Gasteiger partial charge in [0.2, 0.25) is 5.78 Å². The summed E-state index contributed by atoms with van der Waals surface area (Å²) in [6.45, 7) is 3.87. The Morgan fingerprint density at radius 2 is 2.12 bits per heavy atom. The van der Waals surface area contributed by atoms with Crippen molar-refractivity contribution in [3.63, 3.8) is 0 Å². The molecule has 0 aliphatic heterocycles. The van der Waals surface area contributed by atoms with Crippen LogP contribution in [0, 0.1) is 0 Å². The molecule has 0 amide bonds. The fourth-order valence-electron chi connectivity index (χ4n) is 1.47. The molecule has 2 aromatic rings. The third kappa shape index (κ3) is 2.71. The summed E-state index contributed by atoms with van der Waals surface area (Å²) in [4.78, 5) is 16.2. The van der Waals surface area contributed by atoms with Gasteiger partial charge in [-0.05, 0) is 26.0 Å². The number of hydrogen-bond donors (Lipinski definition) is 0. The highest BCUT2D eigenvalue weighted by molar-refractivity contribution is 7.07. The van der Waals surface area contributed by atoms with Gasteiger partial charge in [-0.25, -0.2) is 4.98 Å². The molecule has 2 rings (SSSR count). The summed E-state index contributed by atoms with van der Waals surface area (Å²) < 4.78 is 5.62. The predicted octanol–water partition coefficient (Wildman–Crippen LogP) is 3.16. The number of carbonyl (C=O) groups excluding carboxylic acids is 1. The smallest absolute Gasteiger partial charge is 0.215 e. The third-order valence-corrected chi connectivity index (χ3v) is 2.75. The lowest BCUT2D eigenvalue weighted by Gasteiger charge is -2.12. The average Bonchev–Trinajstić information content (AvgIpc) is 2.81. The number of carbonyl (C=O) groups is 1. The molecule has 3 nitrogen and oxygen atoms in total. The zero-order valence-corrected chi connectivity index (χ0v) is 10.5. The van der Waals surface area contributed by atoms with Crippen molar-refractivity contribution in [2.24, 2.45) is 0 Å². The first kappa shape index (κ1) is 11.8. The van der Waals surface area contributed by atoms with Gasteiger partial charge in [-0.3, -0.25) is 4.79 Å². The second kappa shape index (κ2) is 5.10. The number of ketones is 1. The lowest BCUT2D eigenvalue weighted by Crippen LogP contribution is -2.10. The highest BCUT2D eigenvalue weighted by Gasteiger charge is 2.16. The second-order valence-corrected chi connectivity index (χ2v) is 4.58. The Hall–Kier alpha value is -1.68. The van der Waals surface area contributed by atoms with Crippen molar-refractivity contribution < 1.29 is 9.53 Å². The van der Waals surface area contributed by atoms with Gasteiger partial charge >= 0.3 is 0 Å². The zero-order valence-electron chi connectivity index (χ0n) is 9.71. The molecule has 1 aromatic carbocycles. The molecule has 0 radical (unpaired) electrons. The SMILES string of the molecule is CC(C)Oc1ccccc1C(=O)c1cscn1. The van der Waals surface area contributed by atoms with E-state index in [1.807, 2.05) is 26.0 Å². The Labute approximate surface area is 104 Å². The summed E-state index contributed by atoms with van der Waals surface area (Å²) in [6, 6.07) is 7.25. The quantitative estimate of drug-likeness (QED) is 0.779. The largest absolute Gasteiger partial charge is 0.490 e. The highest BCUT2D eigenvalue weighted by atomic mass is 32.1. The van der Waals surface area contributed by atoms with Gasteiger partial charge in [-0.1, -0.05) is 12.1 Å². The molecule has 1 heterocycles. The maximum Gasteiger partial charge on any atom is 0.215 e. The van der Waals surface area contributed by atoms with Gasteiger partial charge in [-0.2, -0.15) is 0 Å². The molecule has 0 atom stereocenters. The van der Waals surface area contributed by atoms with Crippen molar-refractivity contribution in [1.29, 1.82) is 0 Å². The molecule has 88 valence electrons. The van der Waals surface area contributed by atoms with E-state index in [4.69, 9.17) is 4.74 Å². The van der Waals surface area contributed by atoms with E-state index in [0.717, 1.165) is 0 Å². The first-order chi connectivity index (χ1) is 8.18. The van der Waals surface area contributed by atoms with Crippen LogP contribution < -0.4 is 4.74 Å². The van der Waals surface area contributed by atoms with Crippen LogP contribution in [0.15, 0.2) is 35.2 Å². The van der Waals surface area contributed by atoms with Crippen LogP contribution >= 0.6 is 11.3 Å². The van der Waals surface area contributed by atoms with E-state index in [-0.39, 0.29) is 11.9 Å². The number of para-hydroxylation sites is 1. The van der Waals surface area contributed by atoms with Gasteiger partial charge in [-0.15, -0.1) is 11.3 Å². The van der Waals surface area contributed by atoms with E-state index in [0.29, 0.717) is 17.0 Å². The van der Waals surface area contributed by atoms with Crippen LogP contribution in [0.5, 0.6) is 5.75 Å². The zero-order chi connectivity index (χ0) is 12.3. The Balaban J connectivity index is 2.35. The lowest BCUT2D eigenvalue weighted by atomic mass is 10.1. The van der Waals surface area contributed by atoms with Crippen LogP contribution in [0.2, 0.25) is 0 Å². The monoisotopic (exact) mass is 247 g/mol. The summed E-state index contributed by atoms with van der Waals surface area (Å²) in [5, 5.41) is 1.74. The molecule has 17 heavy (non-hydrogen) atoms. The van der Waals surface area contributed by atoms with E-state index in [9.17, 15) is 4.79 Å². The number of benzene rings is 1. The molecular formula is C13H13NO2S. The Bertz CT molecular complexity index is 506.